The van der Waals surface area contributed by atoms with E-state index in [1.165, 1.54) is 6.92 Å². The number of nitrogens with zero attached hydrogens (tertiary/aromatic N) is 3. The van der Waals surface area contributed by atoms with Gasteiger partial charge in [0.2, 0.25) is 5.95 Å². The largest absolute Gasteiger partial charge is 0.360 e. The Kier molecular flexibility index (Phi) is 4.24. The summed E-state index contributed by atoms with van der Waals surface area (Å²) in [6.45, 7) is 5.24. The molecule has 0 spiro atoms. The molecule has 3 rings (SSSR count). The number of rotatable bonds is 5. The highest BCUT2D eigenvalue weighted by Crippen LogP contribution is 2.19. The summed E-state index contributed by atoms with van der Waals surface area (Å²) in [6, 6.07) is 10.8. The number of carbonyl (C=O) groups excluding carboxylic acids is 1. The van der Waals surface area contributed by atoms with Gasteiger partial charge in [-0.15, -0.1) is 0 Å². The molecule has 0 unspecified atom stereocenters. The molecule has 0 amide bonds. The van der Waals surface area contributed by atoms with Crippen LogP contribution in [0.3, 0.4) is 0 Å². The van der Waals surface area contributed by atoms with Crippen LogP contribution >= 0.6 is 0 Å². The number of carbonyl (C=O) groups is 1. The highest BCUT2D eigenvalue weighted by atomic mass is 16.5. The van der Waals surface area contributed by atoms with E-state index in [0.29, 0.717) is 28.9 Å². The van der Waals surface area contributed by atoms with Crippen molar-refractivity contribution in [3.8, 4) is 0 Å². The van der Waals surface area contributed by atoms with Gasteiger partial charge in [0, 0.05) is 29.1 Å². The van der Waals surface area contributed by atoms with Crippen molar-refractivity contribution in [1.29, 1.82) is 0 Å². The Morgan fingerprint density at radius 3 is 2.38 bits per heavy atom. The zero-order valence-corrected chi connectivity index (χ0v) is 13.6. The van der Waals surface area contributed by atoms with Gasteiger partial charge >= 0.3 is 0 Å². The van der Waals surface area contributed by atoms with Crippen LogP contribution in [0.2, 0.25) is 0 Å². The van der Waals surface area contributed by atoms with Crippen molar-refractivity contribution in [3.05, 3.63) is 53.4 Å². The molecule has 1 aromatic carbocycles. The van der Waals surface area contributed by atoms with Crippen LogP contribution in [0.4, 0.5) is 23.3 Å². The maximum Gasteiger partial charge on any atom is 0.229 e. The summed E-state index contributed by atoms with van der Waals surface area (Å²) in [7, 11) is 0. The lowest BCUT2D eigenvalue weighted by Crippen LogP contribution is -2.02. The third kappa shape index (κ3) is 3.75. The van der Waals surface area contributed by atoms with Crippen LogP contribution in [0.15, 0.2) is 40.9 Å². The minimum atomic E-state index is 0.0303. The Morgan fingerprint density at radius 2 is 1.75 bits per heavy atom. The molecule has 122 valence electrons. The van der Waals surface area contributed by atoms with E-state index in [1.807, 2.05) is 32.0 Å². The van der Waals surface area contributed by atoms with Crippen LogP contribution in [0, 0.1) is 13.8 Å². The molecule has 0 aliphatic carbocycles. The van der Waals surface area contributed by atoms with Gasteiger partial charge in [0.1, 0.15) is 11.6 Å². The molecular weight excluding hydrogens is 306 g/mol. The topological polar surface area (TPSA) is 92.9 Å². The molecule has 0 saturated heterocycles. The summed E-state index contributed by atoms with van der Waals surface area (Å²) in [5.41, 5.74) is 2.26. The van der Waals surface area contributed by atoms with E-state index in [1.54, 1.807) is 18.2 Å². The number of nitrogens with one attached hydrogen (secondary N) is 2. The van der Waals surface area contributed by atoms with E-state index in [2.05, 4.69) is 25.8 Å². The Labute approximate surface area is 139 Å². The van der Waals surface area contributed by atoms with Crippen molar-refractivity contribution in [2.24, 2.45) is 0 Å². The molecule has 7 nitrogen and oxygen atoms in total. The highest BCUT2D eigenvalue weighted by Gasteiger charge is 2.06. The first-order valence-corrected chi connectivity index (χ1v) is 7.43. The van der Waals surface area contributed by atoms with Crippen LogP contribution < -0.4 is 10.6 Å². The number of hydrogen-bond donors (Lipinski definition) is 2. The summed E-state index contributed by atoms with van der Waals surface area (Å²) in [6.07, 6.45) is 0. The SMILES string of the molecule is CC(=O)c1ccc(Nc2nc(C)cc(Nc3cc(C)on3)n2)cc1. The van der Waals surface area contributed by atoms with Gasteiger partial charge in [-0.3, -0.25) is 4.79 Å². The maximum atomic E-state index is 11.3. The van der Waals surface area contributed by atoms with Crippen LogP contribution in [-0.4, -0.2) is 20.9 Å². The fraction of sp³-hybridized carbons (Fsp3) is 0.176. The number of anilines is 4. The van der Waals surface area contributed by atoms with Gasteiger partial charge < -0.3 is 15.2 Å². The Bertz CT molecular complexity index is 871. The van der Waals surface area contributed by atoms with Crippen molar-refractivity contribution in [3.63, 3.8) is 0 Å². The van der Waals surface area contributed by atoms with Gasteiger partial charge in [-0.05, 0) is 45.0 Å². The lowest BCUT2D eigenvalue weighted by atomic mass is 10.1. The van der Waals surface area contributed by atoms with Crippen LogP contribution in [0.25, 0.3) is 0 Å². The van der Waals surface area contributed by atoms with E-state index >= 15 is 0 Å². The lowest BCUT2D eigenvalue weighted by molar-refractivity contribution is 0.101. The quantitative estimate of drug-likeness (QED) is 0.690. The zero-order chi connectivity index (χ0) is 17.1. The number of benzene rings is 1. The van der Waals surface area contributed by atoms with Gasteiger partial charge in [-0.25, -0.2) is 4.98 Å². The molecule has 0 saturated carbocycles. The predicted molar refractivity (Wildman–Crippen MR) is 91.0 cm³/mol. The lowest BCUT2D eigenvalue weighted by Gasteiger charge is -2.09. The summed E-state index contributed by atoms with van der Waals surface area (Å²) < 4.78 is 5.02. The van der Waals surface area contributed by atoms with Crippen molar-refractivity contribution in [2.45, 2.75) is 20.8 Å². The number of hydrogen-bond acceptors (Lipinski definition) is 7. The Balaban J connectivity index is 1.79. The second-order valence-corrected chi connectivity index (χ2v) is 5.42. The van der Waals surface area contributed by atoms with E-state index in [9.17, 15) is 4.79 Å². The molecule has 3 aromatic rings. The van der Waals surface area contributed by atoms with E-state index in [0.717, 1.165) is 11.4 Å². The van der Waals surface area contributed by atoms with Gasteiger partial charge in [0.05, 0.1) is 0 Å². The predicted octanol–water partition coefficient (Wildman–Crippen LogP) is 3.77. The molecule has 2 aromatic heterocycles. The van der Waals surface area contributed by atoms with Crippen molar-refractivity contribution in [1.82, 2.24) is 15.1 Å². The summed E-state index contributed by atoms with van der Waals surface area (Å²) in [5, 5.41) is 10.1. The third-order valence-electron chi connectivity index (χ3n) is 3.29. The summed E-state index contributed by atoms with van der Waals surface area (Å²) in [4.78, 5) is 20.1. The third-order valence-corrected chi connectivity index (χ3v) is 3.29. The molecule has 0 radical (unpaired) electrons. The number of ketones is 1. The molecule has 24 heavy (non-hydrogen) atoms. The van der Waals surface area contributed by atoms with Crippen molar-refractivity contribution >= 4 is 29.1 Å². The average Bonchev–Trinajstić information content (AvgIpc) is 2.92. The number of Topliss-reactive ketones (excluding diaryl/α,β-unsaturated/α-hetero) is 1. The van der Waals surface area contributed by atoms with Crippen molar-refractivity contribution < 1.29 is 9.32 Å². The molecular formula is C17H17N5O2. The van der Waals surface area contributed by atoms with E-state index in [4.69, 9.17) is 4.52 Å². The molecule has 7 heteroatoms. The number of aryl methyl sites for hydroxylation is 2. The summed E-state index contributed by atoms with van der Waals surface area (Å²) >= 11 is 0. The second kappa shape index (κ2) is 6.49. The minimum absolute atomic E-state index is 0.0303. The Morgan fingerprint density at radius 1 is 1.00 bits per heavy atom. The Hall–Kier alpha value is -3.22. The first kappa shape index (κ1) is 15.7. The van der Waals surface area contributed by atoms with Gasteiger partial charge in [-0.1, -0.05) is 5.16 Å². The first-order chi connectivity index (χ1) is 11.5. The van der Waals surface area contributed by atoms with Crippen molar-refractivity contribution in [2.75, 3.05) is 10.6 Å². The van der Waals surface area contributed by atoms with E-state index < -0.39 is 0 Å². The molecule has 0 atom stereocenters. The summed E-state index contributed by atoms with van der Waals surface area (Å²) in [5.74, 6) is 2.39. The van der Waals surface area contributed by atoms with Crippen LogP contribution in [0.5, 0.6) is 0 Å². The zero-order valence-electron chi connectivity index (χ0n) is 13.6. The smallest absolute Gasteiger partial charge is 0.229 e. The van der Waals surface area contributed by atoms with Crippen LogP contribution in [-0.2, 0) is 0 Å². The molecule has 2 N–H and O–H groups in total. The minimum Gasteiger partial charge on any atom is -0.360 e. The number of aromatic nitrogens is 3. The fourth-order valence-corrected chi connectivity index (χ4v) is 2.16. The normalized spacial score (nSPS) is 10.5. The fourth-order valence-electron chi connectivity index (χ4n) is 2.16. The van der Waals surface area contributed by atoms with Gasteiger partial charge in [0.15, 0.2) is 11.6 Å². The first-order valence-electron chi connectivity index (χ1n) is 7.43. The van der Waals surface area contributed by atoms with Gasteiger partial charge in [0.25, 0.3) is 0 Å². The van der Waals surface area contributed by atoms with Crippen LogP contribution in [0.1, 0.15) is 28.7 Å². The standard InChI is InChI=1S/C17H17N5O2/c1-10-8-15(20-16-9-11(2)24-22-16)21-17(18-10)19-14-6-4-13(5-7-14)12(3)23/h4-9H,1-3H3,(H2,18,19,20,21,22). The molecule has 0 fully saturated rings. The average molecular weight is 323 g/mol. The van der Waals surface area contributed by atoms with Gasteiger partial charge in [-0.2, -0.15) is 4.98 Å². The van der Waals surface area contributed by atoms with E-state index in [-0.39, 0.29) is 5.78 Å². The second-order valence-electron chi connectivity index (χ2n) is 5.42. The molecule has 0 aliphatic rings. The maximum absolute atomic E-state index is 11.3. The molecule has 0 aliphatic heterocycles. The molecule has 2 heterocycles. The monoisotopic (exact) mass is 323 g/mol. The highest BCUT2D eigenvalue weighted by molar-refractivity contribution is 5.94. The molecule has 0 bridgehead atoms.